The average Bonchev–Trinajstić information content (AvgIpc) is 3.10. The van der Waals surface area contributed by atoms with Gasteiger partial charge in [0.15, 0.2) is 0 Å². The smallest absolute Gasteiger partial charge is 0.115 e. The lowest BCUT2D eigenvalue weighted by molar-refractivity contribution is 0.0789. The maximum Gasteiger partial charge on any atom is 0.115 e. The van der Waals surface area contributed by atoms with Gasteiger partial charge in [-0.05, 0) is 111 Å². The van der Waals surface area contributed by atoms with Crippen LogP contribution in [-0.2, 0) is 11.2 Å². The van der Waals surface area contributed by atoms with Crippen LogP contribution in [0.3, 0.4) is 0 Å². The fourth-order valence-corrected chi connectivity index (χ4v) is 7.13. The molecule has 0 amide bonds. The molecule has 0 aliphatic heterocycles. The van der Waals surface area contributed by atoms with Gasteiger partial charge < -0.3 is 14.7 Å². The zero-order chi connectivity index (χ0) is 21.3. The van der Waals surface area contributed by atoms with Crippen LogP contribution < -0.4 is 0 Å². The summed E-state index contributed by atoms with van der Waals surface area (Å²) in [6.07, 6.45) is 7.60. The van der Waals surface area contributed by atoms with Gasteiger partial charge in [0, 0.05) is 6.54 Å². The Bertz CT molecular complexity index is 781. The van der Waals surface area contributed by atoms with Crippen LogP contribution in [0.15, 0.2) is 29.3 Å². The summed E-state index contributed by atoms with van der Waals surface area (Å²) in [5.41, 5.74) is 6.50. The van der Waals surface area contributed by atoms with Crippen LogP contribution in [0.5, 0.6) is 5.75 Å². The summed E-state index contributed by atoms with van der Waals surface area (Å²) in [7, 11) is 0. The summed E-state index contributed by atoms with van der Waals surface area (Å²) in [5.74, 6) is 2.72. The summed E-state index contributed by atoms with van der Waals surface area (Å²) < 4.78 is 6.11. The van der Waals surface area contributed by atoms with E-state index in [-0.39, 0.29) is 0 Å². The van der Waals surface area contributed by atoms with Gasteiger partial charge in [-0.2, -0.15) is 0 Å². The van der Waals surface area contributed by atoms with Crippen molar-refractivity contribution < 1.29 is 9.84 Å². The van der Waals surface area contributed by atoms with Crippen LogP contribution in [0.2, 0.25) is 0 Å². The zero-order valence-electron chi connectivity index (χ0n) is 19.5. The molecule has 4 rings (SSSR count). The van der Waals surface area contributed by atoms with Gasteiger partial charge >= 0.3 is 0 Å². The van der Waals surface area contributed by atoms with Crippen molar-refractivity contribution in [2.45, 2.75) is 72.1 Å². The number of hydrogen-bond donors (Lipinski definition) is 1. The molecule has 0 unspecified atom stereocenters. The van der Waals surface area contributed by atoms with Crippen LogP contribution in [0.4, 0.5) is 0 Å². The highest BCUT2D eigenvalue weighted by molar-refractivity contribution is 5.41. The molecular formula is C27H41NO2. The van der Waals surface area contributed by atoms with E-state index in [1.807, 2.05) is 12.1 Å². The number of fused-ring (bicyclic) bond motifs is 5. The minimum Gasteiger partial charge on any atom is -0.508 e. The standard InChI is InChI=1S/C27H41NO2/c1-5-28(6-2)15-16-30-18-19(3)25-11-12-26-24-9-7-20-17-21(29)8-10-22(20)23(24)13-14-27(25,26)4/h8,10,17,23-24,26,29H,5-7,9,11-16,18H2,1-4H3/t23-,24-,26+,27-/m1/s1. The SMILES string of the molecule is CCN(CC)CCOCC(C)=C1CC[C@H]2[C@@H]3CCc4cc(O)ccc4[C@H]3CC[C@]12C. The molecule has 3 aliphatic rings. The number of hydrogen-bond acceptors (Lipinski definition) is 3. The van der Waals surface area contributed by atoms with Crippen molar-refractivity contribution in [1.82, 2.24) is 4.90 Å². The number of rotatable bonds is 7. The Kier molecular flexibility index (Phi) is 6.60. The van der Waals surface area contributed by atoms with Gasteiger partial charge in [-0.15, -0.1) is 0 Å². The molecule has 3 heteroatoms. The second-order valence-corrected chi connectivity index (χ2v) is 10.1. The van der Waals surface area contributed by atoms with Gasteiger partial charge in [-0.3, -0.25) is 0 Å². The predicted molar refractivity (Wildman–Crippen MR) is 124 cm³/mol. The number of phenolic OH excluding ortho intramolecular Hbond substituents is 1. The monoisotopic (exact) mass is 411 g/mol. The highest BCUT2D eigenvalue weighted by Gasteiger charge is 2.52. The van der Waals surface area contributed by atoms with Gasteiger partial charge in [-0.1, -0.05) is 32.4 Å². The zero-order valence-corrected chi connectivity index (χ0v) is 19.5. The first-order valence-corrected chi connectivity index (χ1v) is 12.3. The molecule has 2 saturated carbocycles. The van der Waals surface area contributed by atoms with Crippen molar-refractivity contribution in [2.24, 2.45) is 17.3 Å². The van der Waals surface area contributed by atoms with Crippen LogP contribution in [0.1, 0.15) is 76.8 Å². The molecule has 3 nitrogen and oxygen atoms in total. The summed E-state index contributed by atoms with van der Waals surface area (Å²) in [6, 6.07) is 6.12. The molecule has 0 saturated heterocycles. The van der Waals surface area contributed by atoms with Gasteiger partial charge in [0.25, 0.3) is 0 Å². The normalized spacial score (nSPS) is 32.0. The van der Waals surface area contributed by atoms with E-state index in [0.717, 1.165) is 51.1 Å². The Morgan fingerprint density at radius 3 is 2.73 bits per heavy atom. The molecule has 2 fully saturated rings. The largest absolute Gasteiger partial charge is 0.508 e. The summed E-state index contributed by atoms with van der Waals surface area (Å²) in [5, 5.41) is 9.90. The third kappa shape index (κ3) is 3.96. The first-order chi connectivity index (χ1) is 14.5. The molecule has 0 aromatic heterocycles. The minimum absolute atomic E-state index is 0.363. The topological polar surface area (TPSA) is 32.7 Å². The molecule has 0 bridgehead atoms. The van der Waals surface area contributed by atoms with Crippen LogP contribution in [0.25, 0.3) is 0 Å². The number of benzene rings is 1. The molecule has 0 radical (unpaired) electrons. The van der Waals surface area contributed by atoms with E-state index < -0.39 is 0 Å². The fraction of sp³-hybridized carbons (Fsp3) is 0.704. The van der Waals surface area contributed by atoms with E-state index in [1.54, 1.807) is 5.57 Å². The number of allylic oxidation sites excluding steroid dienone is 1. The number of aryl methyl sites for hydroxylation is 1. The third-order valence-corrected chi connectivity index (χ3v) is 8.77. The van der Waals surface area contributed by atoms with E-state index in [9.17, 15) is 5.11 Å². The molecule has 166 valence electrons. The van der Waals surface area contributed by atoms with Gasteiger partial charge in [0.2, 0.25) is 0 Å². The molecule has 4 atom stereocenters. The van der Waals surface area contributed by atoms with Crippen molar-refractivity contribution in [3.63, 3.8) is 0 Å². The Balaban J connectivity index is 1.44. The number of ether oxygens (including phenoxy) is 1. The summed E-state index contributed by atoms with van der Waals surface area (Å²) in [4.78, 5) is 2.43. The molecule has 1 aromatic rings. The van der Waals surface area contributed by atoms with E-state index in [0.29, 0.717) is 17.1 Å². The lowest BCUT2D eigenvalue weighted by atomic mass is 9.55. The van der Waals surface area contributed by atoms with Gasteiger partial charge in [0.05, 0.1) is 13.2 Å². The lowest BCUT2D eigenvalue weighted by Crippen LogP contribution is -2.40. The van der Waals surface area contributed by atoms with Crippen molar-refractivity contribution >= 4 is 0 Å². The summed E-state index contributed by atoms with van der Waals surface area (Å²) in [6.45, 7) is 14.2. The molecule has 3 aliphatic carbocycles. The predicted octanol–water partition coefficient (Wildman–Crippen LogP) is 5.92. The van der Waals surface area contributed by atoms with E-state index >= 15 is 0 Å². The van der Waals surface area contributed by atoms with Crippen LogP contribution in [-0.4, -0.2) is 42.9 Å². The second-order valence-electron chi connectivity index (χ2n) is 10.1. The maximum absolute atomic E-state index is 9.90. The maximum atomic E-state index is 9.90. The number of aromatic hydroxyl groups is 1. The van der Waals surface area contributed by atoms with Crippen molar-refractivity contribution in [2.75, 3.05) is 32.8 Å². The third-order valence-electron chi connectivity index (χ3n) is 8.77. The molecule has 1 N–H and O–H groups in total. The first-order valence-electron chi connectivity index (χ1n) is 12.3. The highest BCUT2D eigenvalue weighted by Crippen LogP contribution is 2.63. The average molecular weight is 412 g/mol. The van der Waals surface area contributed by atoms with Crippen LogP contribution in [0, 0.1) is 17.3 Å². The molecule has 1 aromatic carbocycles. The fourth-order valence-electron chi connectivity index (χ4n) is 7.13. The Morgan fingerprint density at radius 1 is 1.17 bits per heavy atom. The van der Waals surface area contributed by atoms with E-state index in [1.165, 1.54) is 48.8 Å². The quantitative estimate of drug-likeness (QED) is 0.446. The molecule has 0 spiro atoms. The van der Waals surface area contributed by atoms with E-state index in [2.05, 4.69) is 38.7 Å². The Hall–Kier alpha value is -1.32. The van der Waals surface area contributed by atoms with Crippen molar-refractivity contribution in [3.8, 4) is 5.75 Å². The number of phenols is 1. The van der Waals surface area contributed by atoms with Gasteiger partial charge in [0.1, 0.15) is 5.75 Å². The highest BCUT2D eigenvalue weighted by atomic mass is 16.5. The molecule has 30 heavy (non-hydrogen) atoms. The van der Waals surface area contributed by atoms with Crippen LogP contribution >= 0.6 is 0 Å². The Labute approximate surface area is 183 Å². The Morgan fingerprint density at radius 2 is 1.97 bits per heavy atom. The number of nitrogens with zero attached hydrogens (tertiary/aromatic N) is 1. The van der Waals surface area contributed by atoms with Gasteiger partial charge in [-0.25, -0.2) is 0 Å². The molecule has 0 heterocycles. The second kappa shape index (κ2) is 9.04. The van der Waals surface area contributed by atoms with Crippen molar-refractivity contribution in [3.05, 3.63) is 40.5 Å². The summed E-state index contributed by atoms with van der Waals surface area (Å²) >= 11 is 0. The minimum atomic E-state index is 0.363. The first kappa shape index (κ1) is 21.9. The molecular weight excluding hydrogens is 370 g/mol. The number of likely N-dealkylation sites (N-methyl/N-ethyl adjacent to an activating group) is 1. The van der Waals surface area contributed by atoms with E-state index in [4.69, 9.17) is 4.74 Å². The lowest BCUT2D eigenvalue weighted by Gasteiger charge is -2.50. The van der Waals surface area contributed by atoms with Crippen molar-refractivity contribution in [1.29, 1.82) is 0 Å².